The van der Waals surface area contributed by atoms with Gasteiger partial charge >= 0.3 is 11.7 Å². The molecule has 3 aromatic rings. The largest absolute Gasteiger partial charge is 0.365 e. The third kappa shape index (κ3) is 5.59. The molecule has 2 N–H and O–H groups in total. The number of carbonyl (C=O) groups excluding carboxylic acids is 2. The Hall–Kier alpha value is -4.14. The molecule has 1 atom stereocenters. The lowest BCUT2D eigenvalue weighted by Crippen LogP contribution is -2.51. The Morgan fingerprint density at radius 2 is 1.85 bits per heavy atom. The van der Waals surface area contributed by atoms with Gasteiger partial charge in [-0.25, -0.2) is 9.59 Å². The fraction of sp³-hybridized carbons (Fsp3) is 0.393. The van der Waals surface area contributed by atoms with Crippen LogP contribution in [0.15, 0.2) is 46.0 Å². The molecule has 40 heavy (non-hydrogen) atoms. The molecule has 1 aromatic heterocycles. The molecule has 2 aromatic carbocycles. The fourth-order valence-electron chi connectivity index (χ4n) is 4.78. The second kappa shape index (κ2) is 11.2. The second-order valence-corrected chi connectivity index (χ2v) is 10.8. The van der Waals surface area contributed by atoms with E-state index in [4.69, 9.17) is 21.6 Å². The molecule has 2 aliphatic rings. The van der Waals surface area contributed by atoms with Crippen LogP contribution in [0.4, 0.5) is 16.2 Å². The van der Waals surface area contributed by atoms with Crippen LogP contribution in [0.2, 0.25) is 5.02 Å². The molecule has 5 rings (SSSR count). The number of nitrogens with zero attached hydrogens (tertiary/aromatic N) is 4. The molecule has 208 valence electrons. The quantitative estimate of drug-likeness (QED) is 0.469. The Morgan fingerprint density at radius 3 is 2.52 bits per heavy atom. The number of anilines is 2. The van der Waals surface area contributed by atoms with Crippen molar-refractivity contribution >= 4 is 45.8 Å². The van der Waals surface area contributed by atoms with Gasteiger partial charge in [-0.3, -0.25) is 18.7 Å². The van der Waals surface area contributed by atoms with Crippen LogP contribution in [-0.4, -0.2) is 51.8 Å². The predicted octanol–water partition coefficient (Wildman–Crippen LogP) is 3.55. The average molecular weight is 565 g/mol. The Bertz CT molecular complexity index is 1650. The smallest absolute Gasteiger partial charge is 0.331 e. The van der Waals surface area contributed by atoms with Crippen LogP contribution in [0.25, 0.3) is 10.9 Å². The maximum atomic E-state index is 13.3. The summed E-state index contributed by atoms with van der Waals surface area (Å²) in [7, 11) is 0. The van der Waals surface area contributed by atoms with E-state index in [9.17, 15) is 19.2 Å². The monoisotopic (exact) mass is 564 g/mol. The molecule has 0 unspecified atom stereocenters. The molecular weight excluding hydrogens is 536 g/mol. The number of aromatic nitrogens is 2. The number of rotatable bonds is 6. The minimum atomic E-state index is -0.916. The highest BCUT2D eigenvalue weighted by molar-refractivity contribution is 6.32. The normalized spacial score (nSPS) is 17.1. The van der Waals surface area contributed by atoms with E-state index in [1.807, 2.05) is 19.9 Å². The highest BCUT2D eigenvalue weighted by atomic mass is 35.5. The Morgan fingerprint density at radius 1 is 1.12 bits per heavy atom. The summed E-state index contributed by atoms with van der Waals surface area (Å²) in [6.45, 7) is 4.61. The summed E-state index contributed by atoms with van der Waals surface area (Å²) in [5.74, 6) is -0.112. The highest BCUT2D eigenvalue weighted by Crippen LogP contribution is 2.30. The van der Waals surface area contributed by atoms with Gasteiger partial charge in [0.05, 0.1) is 34.6 Å². The molecule has 0 bridgehead atoms. The molecule has 1 saturated carbocycles. The van der Waals surface area contributed by atoms with Crippen LogP contribution in [0.1, 0.15) is 38.3 Å². The number of nitriles is 1. The Kier molecular flexibility index (Phi) is 7.65. The zero-order valence-electron chi connectivity index (χ0n) is 22.1. The van der Waals surface area contributed by atoms with E-state index >= 15 is 0 Å². The molecule has 12 heteroatoms. The number of carbonyl (C=O) groups is 2. The maximum absolute atomic E-state index is 13.3. The summed E-state index contributed by atoms with van der Waals surface area (Å²) in [6.07, 6.45) is 1.09. The van der Waals surface area contributed by atoms with E-state index in [-0.39, 0.29) is 42.0 Å². The molecule has 2 heterocycles. The van der Waals surface area contributed by atoms with E-state index in [2.05, 4.69) is 10.6 Å². The van der Waals surface area contributed by atoms with Crippen LogP contribution in [0.3, 0.4) is 0 Å². The number of benzene rings is 2. The first kappa shape index (κ1) is 27.4. The molecular formula is C28H29ClN6O5. The van der Waals surface area contributed by atoms with Gasteiger partial charge in [-0.05, 0) is 69.0 Å². The summed E-state index contributed by atoms with van der Waals surface area (Å²) in [5.41, 5.74) is 0.923. The number of amides is 3. The third-order valence-corrected chi connectivity index (χ3v) is 7.39. The van der Waals surface area contributed by atoms with E-state index in [0.717, 1.165) is 12.8 Å². The summed E-state index contributed by atoms with van der Waals surface area (Å²) < 4.78 is 8.50. The van der Waals surface area contributed by atoms with Crippen molar-refractivity contribution in [2.45, 2.75) is 45.4 Å². The van der Waals surface area contributed by atoms with Crippen LogP contribution >= 0.6 is 11.6 Å². The van der Waals surface area contributed by atoms with Crippen LogP contribution in [-0.2, 0) is 16.1 Å². The first-order chi connectivity index (χ1) is 19.2. The minimum Gasteiger partial charge on any atom is -0.365 e. The number of morpholine rings is 1. The first-order valence-electron chi connectivity index (χ1n) is 13.1. The molecule has 0 radical (unpaired) electrons. The molecule has 3 amide bonds. The van der Waals surface area contributed by atoms with E-state index in [1.165, 1.54) is 21.6 Å². The lowest BCUT2D eigenvalue weighted by molar-refractivity contribution is -0.131. The first-order valence-corrected chi connectivity index (χ1v) is 13.5. The number of halogens is 1. The fourth-order valence-corrected chi connectivity index (χ4v) is 5.00. The number of hydrogen-bond donors (Lipinski definition) is 2. The highest BCUT2D eigenvalue weighted by Gasteiger charge is 2.30. The van der Waals surface area contributed by atoms with Crippen molar-refractivity contribution in [3.8, 4) is 6.07 Å². The lowest BCUT2D eigenvalue weighted by Gasteiger charge is -2.32. The van der Waals surface area contributed by atoms with Crippen molar-refractivity contribution in [2.75, 3.05) is 30.3 Å². The summed E-state index contributed by atoms with van der Waals surface area (Å²) in [4.78, 5) is 53.8. The molecule has 1 aliphatic heterocycles. The summed E-state index contributed by atoms with van der Waals surface area (Å²) >= 11 is 6.05. The van der Waals surface area contributed by atoms with Crippen molar-refractivity contribution in [3.63, 3.8) is 0 Å². The van der Waals surface area contributed by atoms with Gasteiger partial charge in [-0.15, -0.1) is 0 Å². The number of hydrogen-bond acceptors (Lipinski definition) is 6. The Balaban J connectivity index is 1.32. The number of fused-ring (bicyclic) bond motifs is 1. The van der Waals surface area contributed by atoms with Gasteiger partial charge in [-0.1, -0.05) is 11.6 Å². The van der Waals surface area contributed by atoms with Gasteiger partial charge in [-0.2, -0.15) is 5.26 Å². The Labute approximate surface area is 234 Å². The van der Waals surface area contributed by atoms with E-state index < -0.39 is 18.0 Å². The zero-order chi connectivity index (χ0) is 28.6. The molecule has 1 saturated heterocycles. The van der Waals surface area contributed by atoms with E-state index in [0.29, 0.717) is 40.3 Å². The van der Waals surface area contributed by atoms with Crippen molar-refractivity contribution in [3.05, 3.63) is 67.8 Å². The van der Waals surface area contributed by atoms with Gasteiger partial charge < -0.3 is 20.3 Å². The van der Waals surface area contributed by atoms with Gasteiger partial charge in [0.25, 0.3) is 11.5 Å². The van der Waals surface area contributed by atoms with Gasteiger partial charge in [0, 0.05) is 30.5 Å². The number of nitrogens with one attached hydrogen (secondary N) is 2. The van der Waals surface area contributed by atoms with Gasteiger partial charge in [0.15, 0.2) is 6.10 Å². The topological polar surface area (TPSA) is 138 Å². The van der Waals surface area contributed by atoms with Crippen molar-refractivity contribution in [1.29, 1.82) is 5.26 Å². The van der Waals surface area contributed by atoms with Crippen LogP contribution < -0.4 is 21.9 Å². The standard InChI is InChI=1S/C28H29ClN6O5/c1-16(2)35-23-8-7-19(11-21(23)26(37)34(28(35)39)14-17-3-4-17)32-27(38)33-9-10-40-24(15-33)25(36)31-20-6-5-18(13-30)22(29)12-20/h5-8,11-12,16-17,24H,3-4,9-10,14-15H2,1-2H3,(H,31,36)(H,32,38)/t24-/m1/s1. The molecule has 0 spiro atoms. The molecule has 1 aliphatic carbocycles. The zero-order valence-corrected chi connectivity index (χ0v) is 22.9. The molecule has 11 nitrogen and oxygen atoms in total. The third-order valence-electron chi connectivity index (χ3n) is 7.08. The number of ether oxygens (including phenoxy) is 1. The molecule has 2 fully saturated rings. The SMILES string of the molecule is CC(C)n1c(=O)n(CC2CC2)c(=O)c2cc(NC(=O)N3CCO[C@@H](C(=O)Nc4ccc(C#N)c(Cl)c4)C3)ccc21. The minimum absolute atomic E-state index is 0.0103. The van der Waals surface area contributed by atoms with E-state index in [1.54, 1.807) is 28.8 Å². The second-order valence-electron chi connectivity index (χ2n) is 10.4. The van der Waals surface area contributed by atoms with Crippen molar-refractivity contribution < 1.29 is 14.3 Å². The predicted molar refractivity (Wildman–Crippen MR) is 151 cm³/mol. The lowest BCUT2D eigenvalue weighted by atomic mass is 10.2. The number of urea groups is 1. The summed E-state index contributed by atoms with van der Waals surface area (Å²) in [5, 5.41) is 15.1. The average Bonchev–Trinajstić information content (AvgIpc) is 3.76. The van der Waals surface area contributed by atoms with Crippen molar-refractivity contribution in [2.24, 2.45) is 5.92 Å². The maximum Gasteiger partial charge on any atom is 0.331 e. The van der Waals surface area contributed by atoms with Crippen LogP contribution in [0, 0.1) is 17.2 Å². The van der Waals surface area contributed by atoms with Gasteiger partial charge in [0.1, 0.15) is 6.07 Å². The van der Waals surface area contributed by atoms with Crippen LogP contribution in [0.5, 0.6) is 0 Å². The van der Waals surface area contributed by atoms with Gasteiger partial charge in [0.2, 0.25) is 0 Å². The van der Waals surface area contributed by atoms with Crippen molar-refractivity contribution in [1.82, 2.24) is 14.0 Å². The summed E-state index contributed by atoms with van der Waals surface area (Å²) in [6, 6.07) is 10.8.